The maximum Gasteiger partial charge on any atom is 0.266 e. The first-order valence-corrected chi connectivity index (χ1v) is 11.9. The SMILES string of the molecule is Cc1ccc(-c2nnc(C3CC(NC(=O)c4cccc5ncc(=O)[nH]c45)C3)n2-c2ccccc2F)nc1. The summed E-state index contributed by atoms with van der Waals surface area (Å²) < 4.78 is 16.6. The van der Waals surface area contributed by atoms with Crippen LogP contribution in [0.2, 0.25) is 0 Å². The van der Waals surface area contributed by atoms with Gasteiger partial charge in [0.1, 0.15) is 17.3 Å². The van der Waals surface area contributed by atoms with Gasteiger partial charge in [-0.1, -0.05) is 24.3 Å². The zero-order valence-corrected chi connectivity index (χ0v) is 19.9. The van der Waals surface area contributed by atoms with Crippen LogP contribution in [0.25, 0.3) is 28.2 Å². The summed E-state index contributed by atoms with van der Waals surface area (Å²) in [6, 6.07) is 15.3. The van der Waals surface area contributed by atoms with Crippen molar-refractivity contribution in [1.82, 2.24) is 35.0 Å². The third kappa shape index (κ3) is 4.16. The average Bonchev–Trinajstić information content (AvgIpc) is 3.30. The lowest BCUT2D eigenvalue weighted by molar-refractivity contribution is 0.0908. The molecule has 3 aromatic heterocycles. The van der Waals surface area contributed by atoms with Crippen LogP contribution in [0.15, 0.2) is 71.8 Å². The number of para-hydroxylation sites is 2. The minimum Gasteiger partial charge on any atom is -0.349 e. The summed E-state index contributed by atoms with van der Waals surface area (Å²) in [6.45, 7) is 1.94. The van der Waals surface area contributed by atoms with Crippen LogP contribution < -0.4 is 10.9 Å². The van der Waals surface area contributed by atoms with Crippen LogP contribution in [-0.4, -0.2) is 41.7 Å². The molecule has 1 amide bonds. The van der Waals surface area contributed by atoms with Crippen LogP contribution in [-0.2, 0) is 0 Å². The van der Waals surface area contributed by atoms with Gasteiger partial charge in [-0.2, -0.15) is 0 Å². The highest BCUT2D eigenvalue weighted by Crippen LogP contribution is 2.39. The first kappa shape index (κ1) is 22.7. The Hall–Kier alpha value is -4.73. The summed E-state index contributed by atoms with van der Waals surface area (Å²) in [5.74, 6) is 0.356. The van der Waals surface area contributed by atoms with Gasteiger partial charge < -0.3 is 10.3 Å². The summed E-state index contributed by atoms with van der Waals surface area (Å²) in [6.07, 6.45) is 4.14. The van der Waals surface area contributed by atoms with E-state index in [2.05, 4.69) is 30.5 Å². The van der Waals surface area contributed by atoms with Crippen molar-refractivity contribution < 1.29 is 9.18 Å². The first-order valence-electron chi connectivity index (χ1n) is 11.9. The molecule has 1 saturated carbocycles. The summed E-state index contributed by atoms with van der Waals surface area (Å²) >= 11 is 0. The molecule has 2 N–H and O–H groups in total. The van der Waals surface area contributed by atoms with Gasteiger partial charge in [-0.25, -0.2) is 9.37 Å². The third-order valence-electron chi connectivity index (χ3n) is 6.62. The summed E-state index contributed by atoms with van der Waals surface area (Å²) in [4.78, 5) is 36.0. The van der Waals surface area contributed by atoms with E-state index in [0.29, 0.717) is 52.5 Å². The molecule has 0 aliphatic heterocycles. The molecule has 184 valence electrons. The summed E-state index contributed by atoms with van der Waals surface area (Å²) in [5, 5.41) is 11.8. The van der Waals surface area contributed by atoms with Crippen LogP contribution >= 0.6 is 0 Å². The van der Waals surface area contributed by atoms with E-state index in [-0.39, 0.29) is 29.2 Å². The second kappa shape index (κ2) is 9.05. The molecule has 37 heavy (non-hydrogen) atoms. The number of benzene rings is 2. The predicted octanol–water partition coefficient (Wildman–Crippen LogP) is 3.69. The lowest BCUT2D eigenvalue weighted by Gasteiger charge is -2.35. The molecule has 2 aromatic carbocycles. The van der Waals surface area contributed by atoms with E-state index in [4.69, 9.17) is 0 Å². The van der Waals surface area contributed by atoms with E-state index in [9.17, 15) is 14.0 Å². The minimum atomic E-state index is -0.389. The fourth-order valence-corrected chi connectivity index (χ4v) is 4.66. The van der Waals surface area contributed by atoms with E-state index in [1.807, 2.05) is 19.1 Å². The monoisotopic (exact) mass is 495 g/mol. The van der Waals surface area contributed by atoms with E-state index < -0.39 is 0 Å². The molecule has 10 heteroatoms. The predicted molar refractivity (Wildman–Crippen MR) is 135 cm³/mol. The van der Waals surface area contributed by atoms with Crippen LogP contribution in [0.4, 0.5) is 4.39 Å². The molecule has 1 aliphatic rings. The van der Waals surface area contributed by atoms with E-state index in [1.165, 1.54) is 12.3 Å². The topological polar surface area (TPSA) is 118 Å². The van der Waals surface area contributed by atoms with Crippen molar-refractivity contribution in [3.05, 3.63) is 100 Å². The number of H-pyrrole nitrogens is 1. The molecule has 5 aromatic rings. The van der Waals surface area contributed by atoms with Gasteiger partial charge in [0.05, 0.1) is 28.5 Å². The van der Waals surface area contributed by atoms with Gasteiger partial charge in [0, 0.05) is 18.2 Å². The molecule has 1 fully saturated rings. The van der Waals surface area contributed by atoms with Crippen molar-refractivity contribution in [2.75, 3.05) is 0 Å². The van der Waals surface area contributed by atoms with E-state index in [1.54, 1.807) is 47.2 Å². The van der Waals surface area contributed by atoms with Gasteiger partial charge in [-0.15, -0.1) is 10.2 Å². The molecule has 0 saturated heterocycles. The highest BCUT2D eigenvalue weighted by Gasteiger charge is 2.36. The van der Waals surface area contributed by atoms with Gasteiger partial charge in [0.2, 0.25) is 0 Å². The van der Waals surface area contributed by atoms with Gasteiger partial charge in [-0.05, 0) is 55.7 Å². The minimum absolute atomic E-state index is 0.0365. The summed E-state index contributed by atoms with van der Waals surface area (Å²) in [7, 11) is 0. The fraction of sp³-hybridized carbons (Fsp3) is 0.185. The number of pyridine rings is 1. The number of nitrogens with zero attached hydrogens (tertiary/aromatic N) is 5. The Morgan fingerprint density at radius 1 is 1.03 bits per heavy atom. The van der Waals surface area contributed by atoms with Gasteiger partial charge in [0.25, 0.3) is 11.5 Å². The summed E-state index contributed by atoms with van der Waals surface area (Å²) in [5.41, 5.74) is 2.86. The Morgan fingerprint density at radius 2 is 1.86 bits per heavy atom. The van der Waals surface area contributed by atoms with Crippen LogP contribution in [0.1, 0.15) is 40.5 Å². The lowest BCUT2D eigenvalue weighted by Crippen LogP contribution is -2.44. The van der Waals surface area contributed by atoms with Crippen molar-refractivity contribution in [3.8, 4) is 17.2 Å². The maximum absolute atomic E-state index is 14.9. The Balaban J connectivity index is 1.27. The Morgan fingerprint density at radius 3 is 2.65 bits per heavy atom. The molecule has 0 unspecified atom stereocenters. The molecule has 1 aliphatic carbocycles. The molecule has 0 radical (unpaired) electrons. The number of aromatic nitrogens is 6. The third-order valence-corrected chi connectivity index (χ3v) is 6.62. The molecular formula is C27H22FN7O2. The van der Waals surface area contributed by atoms with Crippen molar-refractivity contribution >= 4 is 16.9 Å². The number of rotatable bonds is 5. The van der Waals surface area contributed by atoms with Crippen molar-refractivity contribution in [3.63, 3.8) is 0 Å². The first-order chi connectivity index (χ1) is 18.0. The number of hydrogen-bond acceptors (Lipinski definition) is 6. The smallest absolute Gasteiger partial charge is 0.266 e. The number of carbonyl (C=O) groups is 1. The highest BCUT2D eigenvalue weighted by molar-refractivity contribution is 6.04. The second-order valence-corrected chi connectivity index (χ2v) is 9.18. The molecule has 9 nitrogen and oxygen atoms in total. The zero-order chi connectivity index (χ0) is 25.5. The molecule has 0 bridgehead atoms. The van der Waals surface area contributed by atoms with Crippen LogP contribution in [0.3, 0.4) is 0 Å². The quantitative estimate of drug-likeness (QED) is 0.384. The number of carbonyl (C=O) groups excluding carboxylic acids is 1. The van der Waals surface area contributed by atoms with Gasteiger partial charge in [0.15, 0.2) is 5.82 Å². The van der Waals surface area contributed by atoms with Crippen molar-refractivity contribution in [1.29, 1.82) is 0 Å². The Bertz CT molecular complexity index is 1690. The van der Waals surface area contributed by atoms with Gasteiger partial charge >= 0.3 is 0 Å². The molecule has 0 atom stereocenters. The normalized spacial score (nSPS) is 16.9. The number of aromatic amines is 1. The number of hydrogen-bond donors (Lipinski definition) is 2. The fourth-order valence-electron chi connectivity index (χ4n) is 4.66. The molecule has 6 rings (SSSR count). The number of nitrogens with one attached hydrogen (secondary N) is 2. The second-order valence-electron chi connectivity index (χ2n) is 9.18. The lowest BCUT2D eigenvalue weighted by atomic mass is 9.79. The van der Waals surface area contributed by atoms with E-state index in [0.717, 1.165) is 5.56 Å². The van der Waals surface area contributed by atoms with Gasteiger partial charge in [-0.3, -0.25) is 19.1 Å². The molecule has 3 heterocycles. The molecular weight excluding hydrogens is 473 g/mol. The standard InChI is InChI=1S/C27H22FN7O2/c1-15-9-10-21(29-13-15)26-34-33-25(35(26)22-8-3-2-6-19(22)28)16-11-17(12-16)31-27(37)18-5-4-7-20-24(18)32-23(36)14-30-20/h2-10,13-14,16-17H,11-12H2,1H3,(H,31,37)(H,32,36). The number of amides is 1. The largest absolute Gasteiger partial charge is 0.349 e. The van der Waals surface area contributed by atoms with E-state index >= 15 is 0 Å². The zero-order valence-electron chi connectivity index (χ0n) is 19.9. The maximum atomic E-state index is 14.9. The number of fused-ring (bicyclic) bond motifs is 1. The Kier molecular flexibility index (Phi) is 5.56. The van der Waals surface area contributed by atoms with Crippen molar-refractivity contribution in [2.45, 2.75) is 31.7 Å². The van der Waals surface area contributed by atoms with Crippen molar-refractivity contribution in [2.24, 2.45) is 0 Å². The van der Waals surface area contributed by atoms with Crippen LogP contribution in [0, 0.1) is 12.7 Å². The average molecular weight is 496 g/mol. The van der Waals surface area contributed by atoms with Crippen LogP contribution in [0.5, 0.6) is 0 Å². The number of halogens is 1. The number of aryl methyl sites for hydroxylation is 1. The highest BCUT2D eigenvalue weighted by atomic mass is 19.1. The Labute approximate surface area is 210 Å². The molecule has 0 spiro atoms.